The molecule has 20 heavy (non-hydrogen) atoms. The Hall–Kier alpha value is -1.75. The Labute approximate surface area is 117 Å². The number of ketones is 1. The Morgan fingerprint density at radius 2 is 1.80 bits per heavy atom. The molecule has 1 aliphatic carbocycles. The van der Waals surface area contributed by atoms with Crippen LogP contribution >= 0.6 is 0 Å². The molecule has 0 saturated heterocycles. The van der Waals surface area contributed by atoms with Gasteiger partial charge in [0, 0.05) is 25.3 Å². The second-order valence-electron chi connectivity index (χ2n) is 4.85. The van der Waals surface area contributed by atoms with E-state index < -0.39 is 5.60 Å². The first-order valence-electron chi connectivity index (χ1n) is 6.43. The molecule has 1 unspecified atom stereocenters. The molecule has 0 fully saturated rings. The fraction of sp³-hybridized carbons (Fsp3) is 0.312. The van der Waals surface area contributed by atoms with Crippen LogP contribution in [0.1, 0.15) is 15.9 Å². The molecule has 0 amide bonds. The minimum atomic E-state index is -1.10. The van der Waals surface area contributed by atoms with E-state index in [9.17, 15) is 4.79 Å². The van der Waals surface area contributed by atoms with Crippen molar-refractivity contribution in [2.45, 2.75) is 5.60 Å². The number of carbonyl (C=O) groups excluding carboxylic acids is 1. The zero-order valence-corrected chi connectivity index (χ0v) is 11.5. The molecule has 0 heterocycles. The first kappa shape index (κ1) is 13.2. The van der Waals surface area contributed by atoms with Gasteiger partial charge in [0.15, 0.2) is 5.60 Å². The molecule has 2 aromatic carbocycles. The van der Waals surface area contributed by atoms with Crippen LogP contribution in [-0.2, 0) is 19.8 Å². The quantitative estimate of drug-likeness (QED) is 0.784. The number of ether oxygens (including phenoxy) is 3. The van der Waals surface area contributed by atoms with Gasteiger partial charge in [-0.1, -0.05) is 36.4 Å². The van der Waals surface area contributed by atoms with E-state index in [4.69, 9.17) is 14.2 Å². The molecule has 3 rings (SSSR count). The molecule has 1 atom stereocenters. The molecule has 0 saturated carbocycles. The number of hydrogen-bond donors (Lipinski definition) is 0. The summed E-state index contributed by atoms with van der Waals surface area (Å²) < 4.78 is 16.0. The first-order chi connectivity index (χ1) is 9.74. The van der Waals surface area contributed by atoms with Crippen LogP contribution in [0.15, 0.2) is 36.4 Å². The zero-order chi connectivity index (χ0) is 14.2. The van der Waals surface area contributed by atoms with Crippen LogP contribution in [0.5, 0.6) is 0 Å². The van der Waals surface area contributed by atoms with E-state index in [1.54, 1.807) is 7.11 Å². The third-order valence-corrected chi connectivity index (χ3v) is 3.72. The maximum Gasteiger partial charge on any atom is 0.202 e. The molecule has 4 heteroatoms. The highest BCUT2D eigenvalue weighted by molar-refractivity contribution is 6.19. The van der Waals surface area contributed by atoms with E-state index in [1.807, 2.05) is 36.4 Å². The van der Waals surface area contributed by atoms with Gasteiger partial charge in [0.25, 0.3) is 0 Å². The molecular weight excluding hydrogens is 256 g/mol. The third-order valence-electron chi connectivity index (χ3n) is 3.72. The molecular formula is C16H16O4. The van der Waals surface area contributed by atoms with Gasteiger partial charge in [-0.05, 0) is 10.8 Å². The van der Waals surface area contributed by atoms with Crippen molar-refractivity contribution in [1.29, 1.82) is 0 Å². The molecule has 104 valence electrons. The van der Waals surface area contributed by atoms with Crippen molar-refractivity contribution < 1.29 is 19.0 Å². The average molecular weight is 272 g/mol. The Kier molecular flexibility index (Phi) is 3.30. The summed E-state index contributed by atoms with van der Waals surface area (Å²) in [6.07, 6.45) is 0. The largest absolute Gasteiger partial charge is 0.381 e. The van der Waals surface area contributed by atoms with Crippen molar-refractivity contribution in [3.63, 3.8) is 0 Å². The van der Waals surface area contributed by atoms with Gasteiger partial charge >= 0.3 is 0 Å². The van der Waals surface area contributed by atoms with Crippen LogP contribution in [0.4, 0.5) is 0 Å². The third kappa shape index (κ3) is 1.69. The monoisotopic (exact) mass is 272 g/mol. The topological polar surface area (TPSA) is 44.8 Å². The van der Waals surface area contributed by atoms with Gasteiger partial charge in [0.2, 0.25) is 5.78 Å². The van der Waals surface area contributed by atoms with Crippen LogP contribution in [0, 0.1) is 0 Å². The van der Waals surface area contributed by atoms with E-state index in [0.29, 0.717) is 5.56 Å². The molecule has 1 aliphatic rings. The molecule has 4 nitrogen and oxygen atoms in total. The number of benzene rings is 2. The fourth-order valence-electron chi connectivity index (χ4n) is 2.90. The number of carbonyl (C=O) groups is 1. The van der Waals surface area contributed by atoms with Gasteiger partial charge in [-0.3, -0.25) is 4.79 Å². The minimum absolute atomic E-state index is 0.0411. The van der Waals surface area contributed by atoms with Crippen LogP contribution in [0.25, 0.3) is 10.8 Å². The average Bonchev–Trinajstić information content (AvgIpc) is 2.71. The van der Waals surface area contributed by atoms with Crippen molar-refractivity contribution in [3.05, 3.63) is 47.5 Å². The second kappa shape index (κ2) is 4.98. The number of methoxy groups -OCH3 is 2. The van der Waals surface area contributed by atoms with E-state index in [1.165, 1.54) is 7.11 Å². The summed E-state index contributed by atoms with van der Waals surface area (Å²) in [5.74, 6) is -0.0665. The Bertz CT molecular complexity index is 659. The van der Waals surface area contributed by atoms with E-state index in [-0.39, 0.29) is 19.2 Å². The van der Waals surface area contributed by atoms with E-state index in [2.05, 4.69) is 0 Å². The SMILES string of the molecule is COCOC1(COC)C(=O)c2cccc3cccc1c23. The van der Waals surface area contributed by atoms with Gasteiger partial charge in [0.05, 0.1) is 6.61 Å². The smallest absolute Gasteiger partial charge is 0.202 e. The molecule has 0 radical (unpaired) electrons. The maximum atomic E-state index is 12.8. The summed E-state index contributed by atoms with van der Waals surface area (Å²) in [6, 6.07) is 11.6. The lowest BCUT2D eigenvalue weighted by molar-refractivity contribution is -0.134. The summed E-state index contributed by atoms with van der Waals surface area (Å²) in [4.78, 5) is 12.8. The maximum absolute atomic E-state index is 12.8. The molecule has 0 spiro atoms. The fourth-order valence-corrected chi connectivity index (χ4v) is 2.90. The lowest BCUT2D eigenvalue weighted by atomic mass is 9.94. The summed E-state index contributed by atoms with van der Waals surface area (Å²) in [5.41, 5.74) is 0.439. The van der Waals surface area contributed by atoms with Crippen LogP contribution in [0.3, 0.4) is 0 Å². The molecule has 0 aromatic heterocycles. The Morgan fingerprint density at radius 3 is 2.50 bits per heavy atom. The van der Waals surface area contributed by atoms with Crippen molar-refractivity contribution in [1.82, 2.24) is 0 Å². The lowest BCUT2D eigenvalue weighted by Crippen LogP contribution is -2.40. The van der Waals surface area contributed by atoms with Crippen molar-refractivity contribution in [2.24, 2.45) is 0 Å². The summed E-state index contributed by atoms with van der Waals surface area (Å²) >= 11 is 0. The summed E-state index contributed by atoms with van der Waals surface area (Å²) in [7, 11) is 3.10. The van der Waals surface area contributed by atoms with Gasteiger partial charge < -0.3 is 14.2 Å². The molecule has 0 bridgehead atoms. The predicted molar refractivity (Wildman–Crippen MR) is 74.8 cm³/mol. The number of rotatable bonds is 5. The van der Waals surface area contributed by atoms with Crippen molar-refractivity contribution in [3.8, 4) is 0 Å². The standard InChI is InChI=1S/C16H16O4/c1-18-9-16(20-10-19-2)13-8-4-6-11-5-3-7-12(14(11)13)15(16)17/h3-8H,9-10H2,1-2H3. The second-order valence-corrected chi connectivity index (χ2v) is 4.85. The van der Waals surface area contributed by atoms with Crippen LogP contribution in [0.2, 0.25) is 0 Å². The van der Waals surface area contributed by atoms with Crippen molar-refractivity contribution >= 4 is 16.6 Å². The highest BCUT2D eigenvalue weighted by atomic mass is 16.7. The highest BCUT2D eigenvalue weighted by Gasteiger charge is 2.48. The first-order valence-corrected chi connectivity index (χ1v) is 6.43. The van der Waals surface area contributed by atoms with E-state index >= 15 is 0 Å². The van der Waals surface area contributed by atoms with Crippen LogP contribution in [-0.4, -0.2) is 33.4 Å². The number of Topliss-reactive ketones (excluding diaryl/α,β-unsaturated/α-hetero) is 1. The van der Waals surface area contributed by atoms with E-state index in [0.717, 1.165) is 16.3 Å². The van der Waals surface area contributed by atoms with Gasteiger partial charge in [-0.15, -0.1) is 0 Å². The van der Waals surface area contributed by atoms with Crippen LogP contribution < -0.4 is 0 Å². The van der Waals surface area contributed by atoms with Gasteiger partial charge in [0.1, 0.15) is 6.79 Å². The minimum Gasteiger partial charge on any atom is -0.381 e. The Balaban J connectivity index is 2.24. The molecule has 0 N–H and O–H groups in total. The molecule has 2 aromatic rings. The summed E-state index contributed by atoms with van der Waals surface area (Å²) in [5, 5.41) is 1.99. The number of hydrogen-bond acceptors (Lipinski definition) is 4. The highest BCUT2D eigenvalue weighted by Crippen LogP contribution is 2.43. The molecule has 0 aliphatic heterocycles. The van der Waals surface area contributed by atoms with Gasteiger partial charge in [-0.25, -0.2) is 0 Å². The van der Waals surface area contributed by atoms with Gasteiger partial charge in [-0.2, -0.15) is 0 Å². The Morgan fingerprint density at radius 1 is 1.05 bits per heavy atom. The predicted octanol–water partition coefficient (Wildman–Crippen LogP) is 2.50. The lowest BCUT2D eigenvalue weighted by Gasteiger charge is -2.28. The summed E-state index contributed by atoms with van der Waals surface area (Å²) in [6.45, 7) is 0.211. The van der Waals surface area contributed by atoms with Crippen molar-refractivity contribution in [2.75, 3.05) is 27.6 Å². The zero-order valence-electron chi connectivity index (χ0n) is 11.5. The normalized spacial score (nSPS) is 20.8.